The standard InChI is InChI=1S/C14H13BrClNOS/c1-18-14-5-2-10(15)6-9(14)8-19-11-3-4-13(17)12(16)7-11/h2-7H,8,17H2,1H3. The van der Waals surface area contributed by atoms with E-state index >= 15 is 0 Å². The van der Waals surface area contributed by atoms with Crippen LogP contribution in [-0.2, 0) is 5.75 Å². The number of thioether (sulfide) groups is 1. The highest BCUT2D eigenvalue weighted by Gasteiger charge is 2.05. The molecule has 0 unspecified atom stereocenters. The predicted molar refractivity (Wildman–Crippen MR) is 86.1 cm³/mol. The normalized spacial score (nSPS) is 10.5. The lowest BCUT2D eigenvalue weighted by Gasteiger charge is -2.09. The van der Waals surface area contributed by atoms with Gasteiger partial charge in [0.15, 0.2) is 0 Å². The molecule has 0 amide bonds. The molecule has 5 heteroatoms. The maximum absolute atomic E-state index is 6.01. The molecule has 0 fully saturated rings. The second kappa shape index (κ2) is 6.55. The quantitative estimate of drug-likeness (QED) is 0.618. The highest BCUT2D eigenvalue weighted by molar-refractivity contribution is 9.10. The third-order valence-electron chi connectivity index (χ3n) is 2.61. The molecular weight excluding hydrogens is 346 g/mol. The molecule has 0 bridgehead atoms. The summed E-state index contributed by atoms with van der Waals surface area (Å²) in [6.45, 7) is 0. The average molecular weight is 359 g/mol. The van der Waals surface area contributed by atoms with Gasteiger partial charge in [0.2, 0.25) is 0 Å². The van der Waals surface area contributed by atoms with Gasteiger partial charge in [-0.3, -0.25) is 0 Å². The van der Waals surface area contributed by atoms with Crippen molar-refractivity contribution in [3.63, 3.8) is 0 Å². The summed E-state index contributed by atoms with van der Waals surface area (Å²) in [7, 11) is 1.68. The van der Waals surface area contributed by atoms with Crippen molar-refractivity contribution < 1.29 is 4.74 Å². The molecule has 2 N–H and O–H groups in total. The van der Waals surface area contributed by atoms with Crippen molar-refractivity contribution in [2.75, 3.05) is 12.8 Å². The summed E-state index contributed by atoms with van der Waals surface area (Å²) in [6, 6.07) is 11.7. The van der Waals surface area contributed by atoms with Crippen molar-refractivity contribution in [2.24, 2.45) is 0 Å². The van der Waals surface area contributed by atoms with Gasteiger partial charge in [-0.15, -0.1) is 11.8 Å². The number of hydrogen-bond acceptors (Lipinski definition) is 3. The number of nitrogen functional groups attached to an aromatic ring is 1. The van der Waals surface area contributed by atoms with Crippen LogP contribution in [0.1, 0.15) is 5.56 Å². The Bertz CT molecular complexity index is 592. The van der Waals surface area contributed by atoms with Crippen LogP contribution in [0.25, 0.3) is 0 Å². The zero-order valence-corrected chi connectivity index (χ0v) is 13.5. The first-order valence-corrected chi connectivity index (χ1v) is 7.76. The van der Waals surface area contributed by atoms with Gasteiger partial charge in [0, 0.05) is 20.7 Å². The molecule has 0 atom stereocenters. The predicted octanol–water partition coefficient (Wildman–Crippen LogP) is 4.99. The molecule has 2 rings (SSSR count). The zero-order chi connectivity index (χ0) is 13.8. The fourth-order valence-corrected chi connectivity index (χ4v) is 3.19. The molecule has 0 saturated carbocycles. The van der Waals surface area contributed by atoms with Crippen LogP contribution in [0.2, 0.25) is 5.02 Å². The number of nitrogens with two attached hydrogens (primary N) is 1. The van der Waals surface area contributed by atoms with E-state index in [0.29, 0.717) is 10.7 Å². The smallest absolute Gasteiger partial charge is 0.122 e. The van der Waals surface area contributed by atoms with Gasteiger partial charge in [-0.2, -0.15) is 0 Å². The van der Waals surface area contributed by atoms with Gasteiger partial charge in [0.1, 0.15) is 5.75 Å². The Labute approximate surface area is 130 Å². The highest BCUT2D eigenvalue weighted by Crippen LogP contribution is 2.32. The lowest BCUT2D eigenvalue weighted by molar-refractivity contribution is 0.411. The highest BCUT2D eigenvalue weighted by atomic mass is 79.9. The van der Waals surface area contributed by atoms with Crippen LogP contribution in [-0.4, -0.2) is 7.11 Å². The van der Waals surface area contributed by atoms with Crippen LogP contribution in [0, 0.1) is 0 Å². The topological polar surface area (TPSA) is 35.2 Å². The molecule has 0 aliphatic heterocycles. The first-order chi connectivity index (χ1) is 9.10. The van der Waals surface area contributed by atoms with E-state index in [1.807, 2.05) is 30.3 Å². The Morgan fingerprint density at radius 2 is 2.05 bits per heavy atom. The van der Waals surface area contributed by atoms with Gasteiger partial charge >= 0.3 is 0 Å². The molecule has 2 nitrogen and oxygen atoms in total. The monoisotopic (exact) mass is 357 g/mol. The number of ether oxygens (including phenoxy) is 1. The van der Waals surface area contributed by atoms with E-state index in [1.54, 1.807) is 18.9 Å². The van der Waals surface area contributed by atoms with E-state index in [2.05, 4.69) is 22.0 Å². The van der Waals surface area contributed by atoms with E-state index in [-0.39, 0.29) is 0 Å². The first kappa shape index (κ1) is 14.6. The largest absolute Gasteiger partial charge is 0.496 e. The molecule has 0 aromatic heterocycles. The van der Waals surface area contributed by atoms with Crippen molar-refractivity contribution in [3.8, 4) is 5.75 Å². The minimum absolute atomic E-state index is 0.589. The molecule has 100 valence electrons. The number of methoxy groups -OCH3 is 1. The number of hydrogen-bond donors (Lipinski definition) is 1. The summed E-state index contributed by atoms with van der Waals surface area (Å²) in [4.78, 5) is 1.08. The van der Waals surface area contributed by atoms with Crippen molar-refractivity contribution in [3.05, 3.63) is 51.5 Å². The molecule has 0 radical (unpaired) electrons. The summed E-state index contributed by atoms with van der Waals surface area (Å²) in [5, 5.41) is 0.589. The molecule has 0 spiro atoms. The SMILES string of the molecule is COc1ccc(Br)cc1CSc1ccc(N)c(Cl)c1. The van der Waals surface area contributed by atoms with Gasteiger partial charge in [-0.05, 0) is 36.4 Å². The molecule has 0 heterocycles. The molecular formula is C14H13BrClNOS. The van der Waals surface area contributed by atoms with Crippen LogP contribution in [0.15, 0.2) is 45.8 Å². The Kier molecular flexibility index (Phi) is 5.02. The van der Waals surface area contributed by atoms with Crippen LogP contribution in [0.3, 0.4) is 0 Å². The van der Waals surface area contributed by atoms with E-state index in [9.17, 15) is 0 Å². The Hall–Kier alpha value is -0.840. The Morgan fingerprint density at radius 3 is 2.74 bits per heavy atom. The van der Waals surface area contributed by atoms with E-state index < -0.39 is 0 Å². The van der Waals surface area contributed by atoms with Crippen LogP contribution >= 0.6 is 39.3 Å². The van der Waals surface area contributed by atoms with Crippen molar-refractivity contribution >= 4 is 45.0 Å². The molecule has 0 saturated heterocycles. The maximum atomic E-state index is 6.01. The minimum atomic E-state index is 0.589. The van der Waals surface area contributed by atoms with Crippen molar-refractivity contribution in [1.29, 1.82) is 0 Å². The summed E-state index contributed by atoms with van der Waals surface area (Å²) in [6.07, 6.45) is 0. The van der Waals surface area contributed by atoms with Gasteiger partial charge in [-0.25, -0.2) is 0 Å². The number of rotatable bonds is 4. The van der Waals surface area contributed by atoms with Crippen LogP contribution in [0.4, 0.5) is 5.69 Å². The summed E-state index contributed by atoms with van der Waals surface area (Å²) in [5.41, 5.74) is 7.43. The minimum Gasteiger partial charge on any atom is -0.496 e. The fraction of sp³-hybridized carbons (Fsp3) is 0.143. The second-order valence-corrected chi connectivity index (χ2v) is 6.30. The zero-order valence-electron chi connectivity index (χ0n) is 10.3. The molecule has 19 heavy (non-hydrogen) atoms. The van der Waals surface area contributed by atoms with Crippen LogP contribution < -0.4 is 10.5 Å². The fourth-order valence-electron chi connectivity index (χ4n) is 1.62. The third kappa shape index (κ3) is 3.81. The van der Waals surface area contributed by atoms with E-state index in [1.165, 1.54) is 0 Å². The van der Waals surface area contributed by atoms with Gasteiger partial charge < -0.3 is 10.5 Å². The lowest BCUT2D eigenvalue weighted by atomic mass is 10.2. The molecule has 2 aromatic carbocycles. The van der Waals surface area contributed by atoms with Crippen LogP contribution in [0.5, 0.6) is 5.75 Å². The first-order valence-electron chi connectivity index (χ1n) is 5.60. The van der Waals surface area contributed by atoms with E-state index in [0.717, 1.165) is 26.4 Å². The molecule has 0 aliphatic rings. The lowest BCUT2D eigenvalue weighted by Crippen LogP contribution is -1.90. The number of anilines is 1. The Balaban J connectivity index is 2.13. The number of halogens is 2. The molecule has 2 aromatic rings. The van der Waals surface area contributed by atoms with Crippen molar-refractivity contribution in [2.45, 2.75) is 10.6 Å². The average Bonchev–Trinajstić information content (AvgIpc) is 2.40. The van der Waals surface area contributed by atoms with Gasteiger partial charge in [-0.1, -0.05) is 27.5 Å². The second-order valence-electron chi connectivity index (χ2n) is 3.93. The van der Waals surface area contributed by atoms with Crippen molar-refractivity contribution in [1.82, 2.24) is 0 Å². The third-order valence-corrected chi connectivity index (χ3v) is 4.47. The summed E-state index contributed by atoms with van der Waals surface area (Å²) in [5.74, 6) is 1.69. The van der Waals surface area contributed by atoms with Gasteiger partial charge in [0.25, 0.3) is 0 Å². The van der Waals surface area contributed by atoms with E-state index in [4.69, 9.17) is 22.1 Å². The Morgan fingerprint density at radius 1 is 1.26 bits per heavy atom. The summed E-state index contributed by atoms with van der Waals surface area (Å²) >= 11 is 11.2. The summed E-state index contributed by atoms with van der Waals surface area (Å²) < 4.78 is 6.39. The maximum Gasteiger partial charge on any atom is 0.122 e. The molecule has 0 aliphatic carbocycles. The van der Waals surface area contributed by atoms with Gasteiger partial charge in [0.05, 0.1) is 17.8 Å². The number of benzene rings is 2.